The lowest BCUT2D eigenvalue weighted by molar-refractivity contribution is 0.763. The highest BCUT2D eigenvalue weighted by molar-refractivity contribution is 5.16. The number of nitrogens with one attached hydrogen (secondary N) is 1. The van der Waals surface area contributed by atoms with Crippen molar-refractivity contribution in [2.24, 2.45) is 7.05 Å². The second kappa shape index (κ2) is 3.72. The maximum atomic E-state index is 4.47. The van der Waals surface area contributed by atoms with E-state index in [1.54, 1.807) is 0 Å². The molecule has 12 heavy (non-hydrogen) atoms. The number of rotatable bonds is 3. The molecule has 0 saturated carbocycles. The second-order valence-electron chi connectivity index (χ2n) is 3.00. The van der Waals surface area contributed by atoms with E-state index in [-0.39, 0.29) is 0 Å². The zero-order chi connectivity index (χ0) is 9.14. The van der Waals surface area contributed by atoms with Gasteiger partial charge in [0.25, 0.3) is 0 Å². The van der Waals surface area contributed by atoms with Gasteiger partial charge in [-0.25, -0.2) is 4.98 Å². The smallest absolute Gasteiger partial charge is 0.105 e. The van der Waals surface area contributed by atoms with E-state index in [1.165, 1.54) is 11.4 Å². The maximum absolute atomic E-state index is 4.47. The summed E-state index contributed by atoms with van der Waals surface area (Å²) in [4.78, 5) is 4.47. The van der Waals surface area contributed by atoms with Crippen molar-refractivity contribution >= 4 is 0 Å². The van der Waals surface area contributed by atoms with Crippen LogP contribution in [0.5, 0.6) is 0 Å². The lowest BCUT2D eigenvalue weighted by Crippen LogP contribution is -2.08. The topological polar surface area (TPSA) is 29.9 Å². The van der Waals surface area contributed by atoms with Crippen LogP contribution >= 0.6 is 0 Å². The van der Waals surface area contributed by atoms with Crippen LogP contribution in [0.25, 0.3) is 0 Å². The van der Waals surface area contributed by atoms with Crippen molar-refractivity contribution in [3.8, 4) is 0 Å². The molecule has 0 aliphatic carbocycles. The van der Waals surface area contributed by atoms with Crippen molar-refractivity contribution in [1.82, 2.24) is 14.9 Å². The fourth-order valence-corrected chi connectivity index (χ4v) is 1.47. The maximum Gasteiger partial charge on any atom is 0.105 e. The van der Waals surface area contributed by atoms with Crippen LogP contribution in [0.3, 0.4) is 0 Å². The third-order valence-electron chi connectivity index (χ3n) is 2.20. The predicted molar refractivity (Wildman–Crippen MR) is 50.1 cm³/mol. The van der Waals surface area contributed by atoms with E-state index >= 15 is 0 Å². The average Bonchev–Trinajstić information content (AvgIpc) is 2.29. The van der Waals surface area contributed by atoms with Crippen LogP contribution in [0.15, 0.2) is 0 Å². The molecule has 3 nitrogen and oxygen atoms in total. The molecule has 1 heterocycles. The molecule has 1 N–H and O–H groups in total. The highest BCUT2D eigenvalue weighted by Gasteiger charge is 2.08. The molecule has 1 aromatic rings. The zero-order valence-electron chi connectivity index (χ0n) is 8.31. The fraction of sp³-hybridized carbons (Fsp3) is 0.667. The highest BCUT2D eigenvalue weighted by Crippen LogP contribution is 2.09. The third-order valence-corrected chi connectivity index (χ3v) is 2.20. The monoisotopic (exact) mass is 167 g/mol. The Morgan fingerprint density at radius 1 is 1.50 bits per heavy atom. The largest absolute Gasteiger partial charge is 0.335 e. The summed E-state index contributed by atoms with van der Waals surface area (Å²) in [7, 11) is 4.02. The molecule has 0 fully saturated rings. The van der Waals surface area contributed by atoms with Crippen molar-refractivity contribution in [2.45, 2.75) is 26.8 Å². The molecule has 0 aliphatic heterocycles. The van der Waals surface area contributed by atoms with Crippen LogP contribution in [0.1, 0.15) is 24.1 Å². The lowest BCUT2D eigenvalue weighted by Gasteiger charge is -2.02. The van der Waals surface area contributed by atoms with E-state index < -0.39 is 0 Å². The summed E-state index contributed by atoms with van der Waals surface area (Å²) in [5.74, 6) is 1.09. The number of aryl methyl sites for hydroxylation is 1. The molecule has 0 unspecified atom stereocenters. The summed E-state index contributed by atoms with van der Waals surface area (Å²) in [5.41, 5.74) is 2.52. The van der Waals surface area contributed by atoms with Crippen LogP contribution < -0.4 is 5.32 Å². The minimum atomic E-state index is 0.866. The Morgan fingerprint density at radius 2 is 2.17 bits per heavy atom. The molecule has 0 radical (unpaired) electrons. The zero-order valence-corrected chi connectivity index (χ0v) is 8.31. The van der Waals surface area contributed by atoms with Gasteiger partial charge in [-0.3, -0.25) is 0 Å². The number of hydrogen-bond donors (Lipinski definition) is 1. The van der Waals surface area contributed by atoms with Crippen molar-refractivity contribution in [1.29, 1.82) is 0 Å². The number of hydrogen-bond acceptors (Lipinski definition) is 2. The molecule has 1 rings (SSSR count). The van der Waals surface area contributed by atoms with Crippen LogP contribution in [-0.2, 0) is 20.0 Å². The molecule has 0 atom stereocenters. The summed E-state index contributed by atoms with van der Waals surface area (Å²) < 4.78 is 2.16. The SMILES string of the molecule is CCc1c(CNC)nc(C)n1C. The number of nitrogens with zero attached hydrogens (tertiary/aromatic N) is 2. The number of imidazole rings is 1. The Hall–Kier alpha value is -0.830. The van der Waals surface area contributed by atoms with Gasteiger partial charge in [0.15, 0.2) is 0 Å². The lowest BCUT2D eigenvalue weighted by atomic mass is 10.2. The van der Waals surface area contributed by atoms with Crippen LogP contribution in [0.2, 0.25) is 0 Å². The first kappa shape index (κ1) is 9.26. The summed E-state index contributed by atoms with van der Waals surface area (Å²) in [6.07, 6.45) is 1.05. The van der Waals surface area contributed by atoms with Gasteiger partial charge < -0.3 is 9.88 Å². The van der Waals surface area contributed by atoms with Crippen molar-refractivity contribution < 1.29 is 0 Å². The molecule has 3 heteroatoms. The van der Waals surface area contributed by atoms with Gasteiger partial charge in [-0.1, -0.05) is 6.92 Å². The minimum Gasteiger partial charge on any atom is -0.335 e. The number of aromatic nitrogens is 2. The van der Waals surface area contributed by atoms with E-state index in [9.17, 15) is 0 Å². The Balaban J connectivity index is 3.02. The third kappa shape index (κ3) is 1.50. The van der Waals surface area contributed by atoms with E-state index in [1.807, 2.05) is 14.0 Å². The summed E-state index contributed by atoms with van der Waals surface area (Å²) in [6, 6.07) is 0. The van der Waals surface area contributed by atoms with Crippen LogP contribution in [0.4, 0.5) is 0 Å². The van der Waals surface area contributed by atoms with Crippen LogP contribution in [0, 0.1) is 6.92 Å². The molecule has 0 aliphatic rings. The van der Waals surface area contributed by atoms with E-state index in [0.29, 0.717) is 0 Å². The fourth-order valence-electron chi connectivity index (χ4n) is 1.47. The highest BCUT2D eigenvalue weighted by atomic mass is 15.1. The first-order chi connectivity index (χ1) is 5.70. The normalized spacial score (nSPS) is 10.7. The average molecular weight is 167 g/mol. The molecular formula is C9H17N3. The Bertz CT molecular complexity index is 263. The molecule has 0 spiro atoms. The van der Waals surface area contributed by atoms with Crippen molar-refractivity contribution in [3.63, 3.8) is 0 Å². The second-order valence-corrected chi connectivity index (χ2v) is 3.00. The van der Waals surface area contributed by atoms with Gasteiger partial charge in [0.1, 0.15) is 5.82 Å². The predicted octanol–water partition coefficient (Wildman–Crippen LogP) is 1.01. The molecule has 0 amide bonds. The Morgan fingerprint density at radius 3 is 2.67 bits per heavy atom. The molecular weight excluding hydrogens is 150 g/mol. The van der Waals surface area contributed by atoms with Gasteiger partial charge in [0, 0.05) is 19.3 Å². The first-order valence-electron chi connectivity index (χ1n) is 4.36. The molecule has 68 valence electrons. The molecule has 0 aromatic carbocycles. The van der Waals surface area contributed by atoms with E-state index in [0.717, 1.165) is 18.8 Å². The van der Waals surface area contributed by atoms with Gasteiger partial charge in [0.05, 0.1) is 5.69 Å². The summed E-state index contributed by atoms with van der Waals surface area (Å²) in [5, 5.41) is 3.12. The minimum absolute atomic E-state index is 0.866. The van der Waals surface area contributed by atoms with Crippen LogP contribution in [-0.4, -0.2) is 16.6 Å². The standard InChI is InChI=1S/C9H17N3/c1-5-9-8(6-10-3)11-7(2)12(9)4/h10H,5-6H2,1-4H3. The summed E-state index contributed by atoms with van der Waals surface area (Å²) >= 11 is 0. The molecule has 0 saturated heterocycles. The Kier molecular flexibility index (Phi) is 2.87. The van der Waals surface area contributed by atoms with Gasteiger partial charge in [-0.15, -0.1) is 0 Å². The van der Waals surface area contributed by atoms with Gasteiger partial charge in [-0.05, 0) is 20.4 Å². The molecule has 1 aromatic heterocycles. The van der Waals surface area contributed by atoms with E-state index in [4.69, 9.17) is 0 Å². The summed E-state index contributed by atoms with van der Waals surface area (Å²) in [6.45, 7) is 5.07. The van der Waals surface area contributed by atoms with Crippen molar-refractivity contribution in [3.05, 3.63) is 17.2 Å². The Labute approximate surface area is 73.8 Å². The van der Waals surface area contributed by atoms with E-state index in [2.05, 4.69) is 28.8 Å². The van der Waals surface area contributed by atoms with Gasteiger partial charge in [0.2, 0.25) is 0 Å². The van der Waals surface area contributed by atoms with Crippen molar-refractivity contribution in [2.75, 3.05) is 7.05 Å². The first-order valence-corrected chi connectivity index (χ1v) is 4.36. The van der Waals surface area contributed by atoms with Gasteiger partial charge >= 0.3 is 0 Å². The van der Waals surface area contributed by atoms with Gasteiger partial charge in [-0.2, -0.15) is 0 Å². The quantitative estimate of drug-likeness (QED) is 0.728. The molecule has 0 bridgehead atoms.